The van der Waals surface area contributed by atoms with Crippen LogP contribution in [0.15, 0.2) is 75.5 Å². The number of rotatable bonds is 6. The molecule has 0 N–H and O–H groups in total. The number of ether oxygens (including phenoxy) is 1. The van der Waals surface area contributed by atoms with E-state index in [4.69, 9.17) is 4.74 Å². The zero-order valence-corrected chi connectivity index (χ0v) is 24.8. The minimum Gasteiger partial charge on any atom is -0.492 e. The molecule has 0 fully saturated rings. The molecule has 0 saturated carbocycles. The van der Waals surface area contributed by atoms with Gasteiger partial charge in [-0.05, 0) is 69.3 Å². The summed E-state index contributed by atoms with van der Waals surface area (Å²) in [6.45, 7) is 12.1. The average molecular weight is 577 g/mol. The largest absolute Gasteiger partial charge is 0.492 e. The molecule has 0 saturated heterocycles. The maximum Gasteiger partial charge on any atom is 0.162 e. The Kier molecular flexibility index (Phi) is 7.19. The summed E-state index contributed by atoms with van der Waals surface area (Å²) in [5, 5.41) is 0. The number of Topliss-reactive ketones (excluding diaryl/α,β-unsaturated/α-hetero) is 2. The average Bonchev–Trinajstić information content (AvgIpc) is 2.83. The molecule has 5 heteroatoms. The summed E-state index contributed by atoms with van der Waals surface area (Å²) >= 11 is 3.71. The second-order valence-corrected chi connectivity index (χ2v) is 13.5. The number of benzene rings is 2. The van der Waals surface area contributed by atoms with Gasteiger partial charge in [0.15, 0.2) is 11.6 Å². The van der Waals surface area contributed by atoms with Gasteiger partial charge in [0.1, 0.15) is 5.75 Å². The van der Waals surface area contributed by atoms with Crippen LogP contribution in [0.1, 0.15) is 83.8 Å². The van der Waals surface area contributed by atoms with Crippen LogP contribution in [0.3, 0.4) is 0 Å². The lowest BCUT2D eigenvalue weighted by Gasteiger charge is -2.49. The highest BCUT2D eigenvalue weighted by Crippen LogP contribution is 2.55. The summed E-state index contributed by atoms with van der Waals surface area (Å²) in [5.74, 6) is 0.750. The molecule has 4 nitrogen and oxygen atoms in total. The Morgan fingerprint density at radius 1 is 0.868 bits per heavy atom. The number of nitrogens with zero attached hydrogens (tertiary/aromatic N) is 1. The van der Waals surface area contributed by atoms with Gasteiger partial charge in [-0.3, -0.25) is 9.59 Å². The van der Waals surface area contributed by atoms with E-state index in [1.165, 1.54) is 5.56 Å². The van der Waals surface area contributed by atoms with Gasteiger partial charge in [0.05, 0.1) is 11.1 Å². The van der Waals surface area contributed by atoms with Gasteiger partial charge >= 0.3 is 0 Å². The number of hydrogen-bond donors (Lipinski definition) is 0. The molecule has 0 spiro atoms. The Balaban J connectivity index is 1.72. The lowest BCUT2D eigenvalue weighted by Crippen LogP contribution is -2.44. The monoisotopic (exact) mass is 575 g/mol. The fourth-order valence-electron chi connectivity index (χ4n) is 6.36. The van der Waals surface area contributed by atoms with Crippen molar-refractivity contribution in [1.82, 2.24) is 4.90 Å². The van der Waals surface area contributed by atoms with Crippen molar-refractivity contribution in [3.05, 3.63) is 86.7 Å². The van der Waals surface area contributed by atoms with E-state index in [0.29, 0.717) is 26.0 Å². The number of halogens is 1. The Labute approximate surface area is 235 Å². The molecule has 0 radical (unpaired) electrons. The van der Waals surface area contributed by atoms with Crippen LogP contribution in [0.5, 0.6) is 5.75 Å². The van der Waals surface area contributed by atoms with E-state index in [0.717, 1.165) is 57.6 Å². The highest BCUT2D eigenvalue weighted by atomic mass is 79.9. The van der Waals surface area contributed by atoms with Gasteiger partial charge in [-0.1, -0.05) is 71.0 Å². The predicted molar refractivity (Wildman–Crippen MR) is 155 cm³/mol. The van der Waals surface area contributed by atoms with Crippen LogP contribution in [-0.2, 0) is 16.1 Å². The fraction of sp³-hybridized carbons (Fsp3) is 0.455. The molecule has 38 heavy (non-hydrogen) atoms. The van der Waals surface area contributed by atoms with Gasteiger partial charge in [-0.15, -0.1) is 0 Å². The Bertz CT molecular complexity index is 1280. The first-order chi connectivity index (χ1) is 18.0. The molecule has 2 aliphatic carbocycles. The van der Waals surface area contributed by atoms with Crippen molar-refractivity contribution in [2.45, 2.75) is 79.2 Å². The van der Waals surface area contributed by atoms with Crippen molar-refractivity contribution in [2.75, 3.05) is 6.61 Å². The molecule has 0 unspecified atom stereocenters. The van der Waals surface area contributed by atoms with Gasteiger partial charge in [0.2, 0.25) is 0 Å². The summed E-state index contributed by atoms with van der Waals surface area (Å²) < 4.78 is 6.76. The van der Waals surface area contributed by atoms with Crippen LogP contribution >= 0.6 is 15.9 Å². The van der Waals surface area contributed by atoms with E-state index in [1.807, 2.05) is 18.2 Å². The number of ketones is 2. The maximum absolute atomic E-state index is 14.0. The van der Waals surface area contributed by atoms with E-state index in [-0.39, 0.29) is 28.3 Å². The van der Waals surface area contributed by atoms with Crippen molar-refractivity contribution in [2.24, 2.45) is 10.8 Å². The summed E-state index contributed by atoms with van der Waals surface area (Å²) in [7, 11) is 0. The first kappa shape index (κ1) is 26.9. The van der Waals surface area contributed by atoms with Gasteiger partial charge < -0.3 is 9.64 Å². The highest BCUT2D eigenvalue weighted by molar-refractivity contribution is 9.10. The second-order valence-electron chi connectivity index (χ2n) is 12.6. The molecule has 1 aliphatic heterocycles. The highest BCUT2D eigenvalue weighted by Gasteiger charge is 2.49. The third kappa shape index (κ3) is 5.14. The van der Waals surface area contributed by atoms with E-state index < -0.39 is 0 Å². The molecule has 0 bridgehead atoms. The zero-order valence-electron chi connectivity index (χ0n) is 23.2. The molecule has 0 amide bonds. The van der Waals surface area contributed by atoms with Gasteiger partial charge in [0, 0.05) is 47.8 Å². The third-order valence-electron chi connectivity index (χ3n) is 7.96. The number of hydrogen-bond acceptors (Lipinski definition) is 4. The predicted octanol–water partition coefficient (Wildman–Crippen LogP) is 8.12. The van der Waals surface area contributed by atoms with E-state index in [1.54, 1.807) is 0 Å². The lowest BCUT2D eigenvalue weighted by molar-refractivity contribution is -0.119. The van der Waals surface area contributed by atoms with Crippen LogP contribution < -0.4 is 4.74 Å². The minimum atomic E-state index is -0.351. The summed E-state index contributed by atoms with van der Waals surface area (Å²) in [5.41, 5.74) is 5.67. The second kappa shape index (κ2) is 10.1. The van der Waals surface area contributed by atoms with Crippen molar-refractivity contribution in [3.8, 4) is 5.75 Å². The number of carbonyl (C=O) groups excluding carboxylic acids is 2. The smallest absolute Gasteiger partial charge is 0.162 e. The first-order valence-electron chi connectivity index (χ1n) is 13.8. The molecule has 3 aliphatic rings. The normalized spacial score (nSPS) is 20.9. The Morgan fingerprint density at radius 3 is 1.97 bits per heavy atom. The van der Waals surface area contributed by atoms with E-state index >= 15 is 0 Å². The summed E-state index contributed by atoms with van der Waals surface area (Å²) in [6, 6.07) is 16.5. The first-order valence-corrected chi connectivity index (χ1v) is 14.6. The quantitative estimate of drug-likeness (QED) is 0.349. The van der Waals surface area contributed by atoms with E-state index in [2.05, 4.69) is 85.8 Å². The van der Waals surface area contributed by atoms with Crippen LogP contribution in [0.4, 0.5) is 0 Å². The topological polar surface area (TPSA) is 46.6 Å². The number of carbonyl (C=O) groups is 2. The van der Waals surface area contributed by atoms with Gasteiger partial charge in [-0.2, -0.15) is 0 Å². The zero-order chi connectivity index (χ0) is 27.2. The van der Waals surface area contributed by atoms with Crippen LogP contribution in [0.25, 0.3) is 0 Å². The van der Waals surface area contributed by atoms with Gasteiger partial charge in [-0.25, -0.2) is 0 Å². The fourth-order valence-corrected chi connectivity index (χ4v) is 6.87. The molecule has 0 aromatic heterocycles. The molecule has 2 aromatic carbocycles. The molecular formula is C33H38BrNO3. The number of allylic oxidation sites excluding steroid dienone is 4. The molecule has 1 heterocycles. The molecule has 5 rings (SSSR count). The third-order valence-corrected chi connectivity index (χ3v) is 8.58. The van der Waals surface area contributed by atoms with E-state index in [9.17, 15) is 9.59 Å². The lowest BCUT2D eigenvalue weighted by atomic mass is 9.63. The minimum absolute atomic E-state index is 0.139. The molecule has 0 atom stereocenters. The Hall–Kier alpha value is -2.66. The SMILES string of the molecule is CCCOc1ccc(C2C3=C(CC(C)(C)CC3=O)N(Cc3ccccc3)C3=C2C(=O)CC(C)(C)C3)cc1Br. The summed E-state index contributed by atoms with van der Waals surface area (Å²) in [4.78, 5) is 30.3. The molecule has 200 valence electrons. The van der Waals surface area contributed by atoms with Crippen molar-refractivity contribution in [3.63, 3.8) is 0 Å². The summed E-state index contributed by atoms with van der Waals surface area (Å²) in [6.07, 6.45) is 3.52. The van der Waals surface area contributed by atoms with Crippen LogP contribution in [0.2, 0.25) is 0 Å². The Morgan fingerprint density at radius 2 is 1.45 bits per heavy atom. The van der Waals surface area contributed by atoms with Gasteiger partial charge in [0.25, 0.3) is 0 Å². The van der Waals surface area contributed by atoms with Crippen molar-refractivity contribution < 1.29 is 14.3 Å². The standard InChI is InChI=1S/C33H38BrNO3/c1-6-14-38-28-13-12-22(15-23(28)34)29-30-24(16-32(2,3)18-26(30)36)35(20-21-10-8-7-9-11-21)25-17-33(4,5)19-27(37)31(25)29/h7-13,15,29H,6,14,16-20H2,1-5H3. The molecular weight excluding hydrogens is 538 g/mol. The maximum atomic E-state index is 14.0. The van der Waals surface area contributed by atoms with Crippen LogP contribution in [-0.4, -0.2) is 23.1 Å². The molecule has 2 aromatic rings. The van der Waals surface area contributed by atoms with Crippen molar-refractivity contribution >= 4 is 27.5 Å². The van der Waals surface area contributed by atoms with Crippen molar-refractivity contribution in [1.29, 1.82) is 0 Å². The van der Waals surface area contributed by atoms with Crippen LogP contribution in [0, 0.1) is 10.8 Å².